The molecule has 0 atom stereocenters. The zero-order chi connectivity index (χ0) is 22.6. The number of rotatable bonds is 9. The molecule has 3 aromatic rings. The van der Waals surface area contributed by atoms with Crippen molar-refractivity contribution in [3.8, 4) is 11.7 Å². The van der Waals surface area contributed by atoms with Crippen molar-refractivity contribution >= 4 is 21.9 Å². The number of carbonyl (C=O) groups is 1. The number of carbonyl (C=O) groups excluding carboxylic acids is 1. The van der Waals surface area contributed by atoms with E-state index in [9.17, 15) is 13.2 Å². The van der Waals surface area contributed by atoms with Crippen molar-refractivity contribution < 1.29 is 22.2 Å². The predicted molar refractivity (Wildman–Crippen MR) is 113 cm³/mol. The first kappa shape index (κ1) is 22.6. The minimum Gasteiger partial charge on any atom is -0.400 e. The number of sulfonamides is 1. The number of amides is 1. The van der Waals surface area contributed by atoms with Crippen LogP contribution in [-0.4, -0.2) is 47.1 Å². The molecule has 31 heavy (non-hydrogen) atoms. The first-order chi connectivity index (χ1) is 14.7. The summed E-state index contributed by atoms with van der Waals surface area (Å²) in [5.41, 5.74) is 0.248. The van der Waals surface area contributed by atoms with Gasteiger partial charge in [0, 0.05) is 24.7 Å². The summed E-state index contributed by atoms with van der Waals surface area (Å²) in [5.74, 6) is 0.210. The number of anilines is 1. The van der Waals surface area contributed by atoms with Crippen LogP contribution in [0, 0.1) is 11.8 Å². The molecule has 0 fully saturated rings. The van der Waals surface area contributed by atoms with Crippen LogP contribution >= 0.6 is 0 Å². The van der Waals surface area contributed by atoms with Crippen LogP contribution in [0.4, 0.5) is 6.01 Å². The summed E-state index contributed by atoms with van der Waals surface area (Å²) in [6, 6.07) is 7.16. The van der Waals surface area contributed by atoms with Gasteiger partial charge in [0.1, 0.15) is 0 Å². The topological polar surface area (TPSA) is 131 Å². The van der Waals surface area contributed by atoms with E-state index >= 15 is 0 Å². The van der Waals surface area contributed by atoms with Gasteiger partial charge < -0.3 is 8.94 Å². The van der Waals surface area contributed by atoms with E-state index in [1.165, 1.54) is 34.8 Å². The van der Waals surface area contributed by atoms with E-state index in [0.717, 1.165) is 0 Å². The molecule has 1 amide bonds. The molecule has 0 aliphatic heterocycles. The van der Waals surface area contributed by atoms with Crippen LogP contribution in [0.2, 0.25) is 0 Å². The first-order valence-corrected chi connectivity index (χ1v) is 11.3. The van der Waals surface area contributed by atoms with Gasteiger partial charge >= 0.3 is 6.01 Å². The molecular formula is C20H25N5O5S. The molecule has 0 spiro atoms. The van der Waals surface area contributed by atoms with E-state index in [2.05, 4.69) is 20.7 Å². The summed E-state index contributed by atoms with van der Waals surface area (Å²) in [6.45, 7) is 8.74. The molecule has 11 heteroatoms. The van der Waals surface area contributed by atoms with E-state index in [0.29, 0.717) is 13.1 Å². The highest BCUT2D eigenvalue weighted by molar-refractivity contribution is 7.89. The highest BCUT2D eigenvalue weighted by atomic mass is 32.2. The fraction of sp³-hybridized carbons (Fsp3) is 0.400. The van der Waals surface area contributed by atoms with Gasteiger partial charge in [-0.2, -0.15) is 4.31 Å². The standard InChI is InChI=1S/C20H25N5O5S/c1-13(2)11-25(12-14(3)4)31(27,28)16-7-5-15(6-8-16)18(26)22-20-24-23-19(29-20)17-9-10-21-30-17/h5-10,13-14H,11-12H2,1-4H3,(H,22,24,26). The lowest BCUT2D eigenvalue weighted by Gasteiger charge is -2.25. The third-order valence-corrected chi connectivity index (χ3v) is 6.03. The Bertz CT molecular complexity index is 1100. The normalized spacial score (nSPS) is 12.1. The van der Waals surface area contributed by atoms with Gasteiger partial charge in [-0.1, -0.05) is 38.0 Å². The van der Waals surface area contributed by atoms with Crippen molar-refractivity contribution in [3.63, 3.8) is 0 Å². The summed E-state index contributed by atoms with van der Waals surface area (Å²) >= 11 is 0. The number of nitrogens with one attached hydrogen (secondary N) is 1. The van der Waals surface area contributed by atoms with Crippen molar-refractivity contribution in [3.05, 3.63) is 42.1 Å². The van der Waals surface area contributed by atoms with Crippen molar-refractivity contribution in [1.82, 2.24) is 19.7 Å². The van der Waals surface area contributed by atoms with Crippen molar-refractivity contribution in [2.75, 3.05) is 18.4 Å². The smallest absolute Gasteiger partial charge is 0.322 e. The Morgan fingerprint density at radius 1 is 1.03 bits per heavy atom. The van der Waals surface area contributed by atoms with Gasteiger partial charge in [-0.05, 0) is 36.1 Å². The Hall–Kier alpha value is -3.05. The predicted octanol–water partition coefficient (Wildman–Crippen LogP) is 3.28. The van der Waals surface area contributed by atoms with Gasteiger partial charge in [-0.25, -0.2) is 8.42 Å². The molecule has 3 rings (SSSR count). The number of hydrogen-bond acceptors (Lipinski definition) is 8. The summed E-state index contributed by atoms with van der Waals surface area (Å²) in [7, 11) is -3.67. The van der Waals surface area contributed by atoms with E-state index in [1.54, 1.807) is 6.07 Å². The van der Waals surface area contributed by atoms with Gasteiger partial charge in [0.15, 0.2) is 0 Å². The number of nitrogens with zero attached hydrogens (tertiary/aromatic N) is 4. The molecule has 0 unspecified atom stereocenters. The van der Waals surface area contributed by atoms with Crippen molar-refractivity contribution in [2.45, 2.75) is 32.6 Å². The minimum absolute atomic E-state index is 0.0737. The largest absolute Gasteiger partial charge is 0.400 e. The maximum atomic E-state index is 13.1. The fourth-order valence-electron chi connectivity index (χ4n) is 2.88. The average Bonchev–Trinajstić information content (AvgIpc) is 3.38. The van der Waals surface area contributed by atoms with Crippen LogP contribution in [0.25, 0.3) is 11.7 Å². The van der Waals surface area contributed by atoms with Gasteiger partial charge in [-0.3, -0.25) is 10.1 Å². The Morgan fingerprint density at radius 3 is 2.23 bits per heavy atom. The molecule has 0 aliphatic carbocycles. The Morgan fingerprint density at radius 2 is 1.68 bits per heavy atom. The minimum atomic E-state index is -3.67. The zero-order valence-electron chi connectivity index (χ0n) is 17.8. The summed E-state index contributed by atoms with van der Waals surface area (Å²) in [4.78, 5) is 12.6. The zero-order valence-corrected chi connectivity index (χ0v) is 18.6. The van der Waals surface area contributed by atoms with Crippen molar-refractivity contribution in [2.24, 2.45) is 11.8 Å². The highest BCUT2D eigenvalue weighted by Crippen LogP contribution is 2.21. The van der Waals surface area contributed by atoms with Crippen LogP contribution in [0.5, 0.6) is 0 Å². The molecule has 10 nitrogen and oxygen atoms in total. The molecule has 1 aromatic carbocycles. The van der Waals surface area contributed by atoms with Crippen LogP contribution in [0.15, 0.2) is 50.4 Å². The summed E-state index contributed by atoms with van der Waals surface area (Å²) in [6.07, 6.45) is 1.43. The van der Waals surface area contributed by atoms with Crippen LogP contribution in [-0.2, 0) is 10.0 Å². The van der Waals surface area contributed by atoms with Gasteiger partial charge in [-0.15, -0.1) is 5.10 Å². The fourth-order valence-corrected chi connectivity index (χ4v) is 4.65. The van der Waals surface area contributed by atoms with E-state index in [-0.39, 0.29) is 40.0 Å². The number of hydrogen-bond donors (Lipinski definition) is 1. The van der Waals surface area contributed by atoms with Gasteiger partial charge in [0.25, 0.3) is 11.8 Å². The molecular weight excluding hydrogens is 422 g/mol. The van der Waals surface area contributed by atoms with E-state index in [4.69, 9.17) is 8.94 Å². The lowest BCUT2D eigenvalue weighted by molar-refractivity contribution is 0.102. The van der Waals surface area contributed by atoms with Crippen molar-refractivity contribution in [1.29, 1.82) is 0 Å². The molecule has 2 aromatic heterocycles. The Labute approximate surface area is 180 Å². The molecule has 0 saturated heterocycles. The Kier molecular flexibility index (Phi) is 6.86. The second-order valence-electron chi connectivity index (χ2n) is 7.88. The van der Waals surface area contributed by atoms with Gasteiger partial charge in [0.2, 0.25) is 15.8 Å². The van der Waals surface area contributed by atoms with Crippen LogP contribution < -0.4 is 5.32 Å². The monoisotopic (exact) mass is 447 g/mol. The molecule has 166 valence electrons. The SMILES string of the molecule is CC(C)CN(CC(C)C)S(=O)(=O)c1ccc(C(=O)Nc2nnc(-c3ccno3)o2)cc1. The molecule has 0 saturated carbocycles. The number of benzene rings is 1. The lowest BCUT2D eigenvalue weighted by Crippen LogP contribution is -2.37. The second-order valence-corrected chi connectivity index (χ2v) is 9.82. The maximum Gasteiger partial charge on any atom is 0.322 e. The summed E-state index contributed by atoms with van der Waals surface area (Å²) in [5, 5.41) is 13.5. The first-order valence-electron chi connectivity index (χ1n) is 9.83. The molecule has 0 aliphatic rings. The Balaban J connectivity index is 1.73. The van der Waals surface area contributed by atoms with E-state index in [1.807, 2.05) is 27.7 Å². The van der Waals surface area contributed by atoms with Gasteiger partial charge in [0.05, 0.1) is 11.1 Å². The maximum absolute atomic E-state index is 13.1. The third-order valence-electron chi connectivity index (χ3n) is 4.19. The third kappa shape index (κ3) is 5.56. The molecule has 1 N–H and O–H groups in total. The molecule has 2 heterocycles. The number of aromatic nitrogens is 3. The van der Waals surface area contributed by atoms with Crippen LogP contribution in [0.3, 0.4) is 0 Å². The lowest BCUT2D eigenvalue weighted by atomic mass is 10.2. The second kappa shape index (κ2) is 9.40. The van der Waals surface area contributed by atoms with E-state index < -0.39 is 15.9 Å². The highest BCUT2D eigenvalue weighted by Gasteiger charge is 2.26. The molecule has 0 radical (unpaired) electrons. The summed E-state index contributed by atoms with van der Waals surface area (Å²) < 4.78 is 37.9. The molecule has 0 bridgehead atoms. The average molecular weight is 448 g/mol. The van der Waals surface area contributed by atoms with Crippen LogP contribution in [0.1, 0.15) is 38.1 Å². The quantitative estimate of drug-likeness (QED) is 0.529.